The summed E-state index contributed by atoms with van der Waals surface area (Å²) in [6, 6.07) is 7.55. The molecule has 1 saturated heterocycles. The number of nitrogens with one attached hydrogen (secondary N) is 2. The lowest BCUT2D eigenvalue weighted by atomic mass is 10.0. The van der Waals surface area contributed by atoms with Gasteiger partial charge in [-0.3, -0.25) is 4.79 Å². The molecule has 0 spiro atoms. The molecule has 1 aliphatic heterocycles. The Labute approximate surface area is 155 Å². The Morgan fingerprint density at radius 2 is 2.12 bits per heavy atom. The topological polar surface area (TPSA) is 75.3 Å². The van der Waals surface area contributed by atoms with E-state index in [1.54, 1.807) is 18.2 Å². The summed E-state index contributed by atoms with van der Waals surface area (Å²) in [6.07, 6.45) is 2.42. The van der Waals surface area contributed by atoms with Gasteiger partial charge in [0.1, 0.15) is 0 Å². The van der Waals surface area contributed by atoms with E-state index in [1.807, 2.05) is 19.9 Å². The molecule has 0 bridgehead atoms. The maximum absolute atomic E-state index is 12.5. The van der Waals surface area contributed by atoms with Crippen molar-refractivity contribution in [3.8, 4) is 0 Å². The Morgan fingerprint density at radius 1 is 1.40 bits per heavy atom. The molecule has 140 valence electrons. The van der Waals surface area contributed by atoms with Crippen LogP contribution in [0.25, 0.3) is 0 Å². The number of benzene rings is 1. The lowest BCUT2D eigenvalue weighted by Crippen LogP contribution is -2.48. The Bertz CT molecular complexity index is 691. The van der Waals surface area contributed by atoms with E-state index in [2.05, 4.69) is 17.6 Å². The predicted octanol–water partition coefficient (Wildman–Crippen LogP) is 2.61. The van der Waals surface area contributed by atoms with Gasteiger partial charge in [-0.05, 0) is 51.8 Å². The Kier molecular flexibility index (Phi) is 7.34. The van der Waals surface area contributed by atoms with Gasteiger partial charge in [-0.25, -0.2) is 8.42 Å². The molecule has 3 unspecified atom stereocenters. The summed E-state index contributed by atoms with van der Waals surface area (Å²) < 4.78 is 24.9. The van der Waals surface area contributed by atoms with Crippen molar-refractivity contribution in [3.63, 3.8) is 0 Å². The molecule has 25 heavy (non-hydrogen) atoms. The van der Waals surface area contributed by atoms with Gasteiger partial charge < -0.3 is 10.6 Å². The van der Waals surface area contributed by atoms with Gasteiger partial charge in [0.15, 0.2) is 9.84 Å². The molecule has 1 aromatic rings. The van der Waals surface area contributed by atoms with Gasteiger partial charge in [0.05, 0.1) is 15.9 Å². The summed E-state index contributed by atoms with van der Waals surface area (Å²) in [4.78, 5) is 13.5. The lowest BCUT2D eigenvalue weighted by Gasteiger charge is -2.29. The van der Waals surface area contributed by atoms with Crippen LogP contribution in [0, 0.1) is 0 Å². The van der Waals surface area contributed by atoms with Gasteiger partial charge in [0.2, 0.25) is 5.91 Å². The van der Waals surface area contributed by atoms with Crippen molar-refractivity contribution in [1.82, 2.24) is 10.6 Å². The highest BCUT2D eigenvalue weighted by Gasteiger charge is 2.25. The van der Waals surface area contributed by atoms with Crippen molar-refractivity contribution in [2.75, 3.05) is 12.3 Å². The highest BCUT2D eigenvalue weighted by atomic mass is 32.2. The maximum atomic E-state index is 12.5. The lowest BCUT2D eigenvalue weighted by molar-refractivity contribution is -0.121. The molecule has 2 N–H and O–H groups in total. The molecule has 7 heteroatoms. The number of carbonyl (C=O) groups excluding carboxylic acids is 1. The van der Waals surface area contributed by atoms with E-state index in [0.29, 0.717) is 22.3 Å². The number of hydrogen-bond donors (Lipinski definition) is 2. The molecule has 1 fully saturated rings. The zero-order valence-electron chi connectivity index (χ0n) is 15.1. The second-order valence-electron chi connectivity index (χ2n) is 6.61. The van der Waals surface area contributed by atoms with E-state index in [0.717, 1.165) is 19.4 Å². The summed E-state index contributed by atoms with van der Waals surface area (Å²) in [5, 5.41) is 6.13. The third-order valence-electron chi connectivity index (χ3n) is 4.30. The number of amides is 1. The van der Waals surface area contributed by atoms with E-state index in [4.69, 9.17) is 0 Å². The molecular weight excluding hydrogens is 356 g/mol. The van der Waals surface area contributed by atoms with E-state index in [-0.39, 0.29) is 23.0 Å². The Hall–Kier alpha value is -1.05. The van der Waals surface area contributed by atoms with Crippen LogP contribution in [-0.4, -0.2) is 44.0 Å². The fourth-order valence-electron chi connectivity index (χ4n) is 3.01. The number of thioether (sulfide) groups is 1. The smallest absolute Gasteiger partial charge is 0.233 e. The zero-order valence-corrected chi connectivity index (χ0v) is 16.8. The standard InChI is InChI=1S/C18H28N2O3S2/c1-4-11-25(22,23)17-8-6-5-7-16(17)24-14(3)18(21)20-15-9-10-19-13(2)12-15/h5-8,13-15,19H,4,9-12H2,1-3H3,(H,20,21). The Balaban J connectivity index is 2.05. The minimum absolute atomic E-state index is 0.0354. The van der Waals surface area contributed by atoms with Crippen molar-refractivity contribution < 1.29 is 13.2 Å². The largest absolute Gasteiger partial charge is 0.352 e. The molecule has 0 aromatic heterocycles. The van der Waals surface area contributed by atoms with Crippen LogP contribution in [0.1, 0.15) is 40.0 Å². The number of hydrogen-bond acceptors (Lipinski definition) is 5. The number of piperidine rings is 1. The molecule has 3 atom stereocenters. The first-order valence-corrected chi connectivity index (χ1v) is 11.4. The highest BCUT2D eigenvalue weighted by molar-refractivity contribution is 8.01. The molecule has 1 aliphatic rings. The van der Waals surface area contributed by atoms with Crippen LogP contribution >= 0.6 is 11.8 Å². The first-order valence-electron chi connectivity index (χ1n) is 8.85. The predicted molar refractivity (Wildman–Crippen MR) is 103 cm³/mol. The van der Waals surface area contributed by atoms with E-state index >= 15 is 0 Å². The van der Waals surface area contributed by atoms with Crippen LogP contribution in [0.15, 0.2) is 34.1 Å². The quantitative estimate of drug-likeness (QED) is 0.707. The van der Waals surface area contributed by atoms with E-state index in [9.17, 15) is 13.2 Å². The molecular formula is C18H28N2O3S2. The minimum atomic E-state index is -3.31. The fraction of sp³-hybridized carbons (Fsp3) is 0.611. The third-order valence-corrected chi connectivity index (χ3v) is 7.58. The number of sulfone groups is 1. The van der Waals surface area contributed by atoms with E-state index in [1.165, 1.54) is 11.8 Å². The normalized spacial score (nSPS) is 22.4. The molecule has 1 aromatic carbocycles. The van der Waals surface area contributed by atoms with Gasteiger partial charge in [-0.15, -0.1) is 11.8 Å². The van der Waals surface area contributed by atoms with Crippen LogP contribution in [0.2, 0.25) is 0 Å². The molecule has 5 nitrogen and oxygen atoms in total. The van der Waals surface area contributed by atoms with Gasteiger partial charge in [0, 0.05) is 17.0 Å². The Morgan fingerprint density at radius 3 is 2.80 bits per heavy atom. The molecule has 0 aliphatic carbocycles. The van der Waals surface area contributed by atoms with Crippen molar-refractivity contribution in [2.24, 2.45) is 0 Å². The molecule has 1 heterocycles. The zero-order chi connectivity index (χ0) is 18.4. The van der Waals surface area contributed by atoms with Crippen molar-refractivity contribution >= 4 is 27.5 Å². The summed E-state index contributed by atoms with van der Waals surface area (Å²) in [7, 11) is -3.31. The third kappa shape index (κ3) is 5.72. The number of carbonyl (C=O) groups is 1. The summed E-state index contributed by atoms with van der Waals surface area (Å²) in [6.45, 7) is 6.70. The SMILES string of the molecule is CCCS(=O)(=O)c1ccccc1SC(C)C(=O)NC1CCNC(C)C1. The van der Waals surface area contributed by atoms with Crippen LogP contribution < -0.4 is 10.6 Å². The van der Waals surface area contributed by atoms with Crippen LogP contribution in [0.3, 0.4) is 0 Å². The maximum Gasteiger partial charge on any atom is 0.233 e. The minimum Gasteiger partial charge on any atom is -0.352 e. The number of rotatable bonds is 7. The highest BCUT2D eigenvalue weighted by Crippen LogP contribution is 2.31. The van der Waals surface area contributed by atoms with Crippen LogP contribution in [-0.2, 0) is 14.6 Å². The monoisotopic (exact) mass is 384 g/mol. The van der Waals surface area contributed by atoms with Crippen molar-refractivity contribution in [3.05, 3.63) is 24.3 Å². The molecule has 1 amide bonds. The average molecular weight is 385 g/mol. The summed E-state index contributed by atoms with van der Waals surface area (Å²) in [5.41, 5.74) is 0. The summed E-state index contributed by atoms with van der Waals surface area (Å²) in [5.74, 6) is 0.0878. The van der Waals surface area contributed by atoms with Crippen molar-refractivity contribution in [1.29, 1.82) is 0 Å². The first-order chi connectivity index (χ1) is 11.8. The van der Waals surface area contributed by atoms with E-state index < -0.39 is 9.84 Å². The second-order valence-corrected chi connectivity index (χ2v) is 10.1. The first kappa shape index (κ1) is 20.3. The molecule has 0 radical (unpaired) electrons. The molecule has 0 saturated carbocycles. The van der Waals surface area contributed by atoms with Gasteiger partial charge in [-0.2, -0.15) is 0 Å². The van der Waals surface area contributed by atoms with Crippen LogP contribution in [0.4, 0.5) is 0 Å². The van der Waals surface area contributed by atoms with Gasteiger partial charge >= 0.3 is 0 Å². The second kappa shape index (κ2) is 9.05. The molecule has 2 rings (SSSR count). The fourth-order valence-corrected chi connectivity index (χ4v) is 5.85. The average Bonchev–Trinajstić information content (AvgIpc) is 2.55. The summed E-state index contributed by atoms with van der Waals surface area (Å²) >= 11 is 1.31. The van der Waals surface area contributed by atoms with Crippen LogP contribution in [0.5, 0.6) is 0 Å². The van der Waals surface area contributed by atoms with Gasteiger partial charge in [-0.1, -0.05) is 19.1 Å². The van der Waals surface area contributed by atoms with Gasteiger partial charge in [0.25, 0.3) is 0 Å². The van der Waals surface area contributed by atoms with Crippen molar-refractivity contribution in [2.45, 2.75) is 67.2 Å².